The van der Waals surface area contributed by atoms with E-state index in [1.165, 1.54) is 0 Å². The van der Waals surface area contributed by atoms with Gasteiger partial charge in [-0.15, -0.1) is 0 Å². The van der Waals surface area contributed by atoms with Gasteiger partial charge in [-0.05, 0) is 38.1 Å². The SMILES string of the molecule is C/C(Nc1ccccc1)=C(/C)Nc1ccccc1. The Balaban J connectivity index is 2.06. The smallest absolute Gasteiger partial charge is 0.0382 e. The summed E-state index contributed by atoms with van der Waals surface area (Å²) in [6.07, 6.45) is 0. The van der Waals surface area contributed by atoms with E-state index in [1.54, 1.807) is 0 Å². The Morgan fingerprint density at radius 1 is 0.611 bits per heavy atom. The lowest BCUT2D eigenvalue weighted by atomic mass is 10.2. The van der Waals surface area contributed by atoms with Crippen LogP contribution in [0.1, 0.15) is 13.8 Å². The van der Waals surface area contributed by atoms with Crippen LogP contribution in [-0.4, -0.2) is 0 Å². The molecule has 0 saturated heterocycles. The lowest BCUT2D eigenvalue weighted by Gasteiger charge is -2.13. The van der Waals surface area contributed by atoms with Crippen LogP contribution in [0.4, 0.5) is 11.4 Å². The molecule has 2 rings (SSSR count). The van der Waals surface area contributed by atoms with Gasteiger partial charge in [0.2, 0.25) is 0 Å². The summed E-state index contributed by atoms with van der Waals surface area (Å²) in [6.45, 7) is 4.14. The van der Waals surface area contributed by atoms with Crippen LogP contribution in [0.25, 0.3) is 0 Å². The second-order valence-electron chi connectivity index (χ2n) is 4.23. The van der Waals surface area contributed by atoms with Gasteiger partial charge in [-0.1, -0.05) is 36.4 Å². The summed E-state index contributed by atoms with van der Waals surface area (Å²) in [5.74, 6) is 0. The van der Waals surface area contributed by atoms with E-state index < -0.39 is 0 Å². The minimum Gasteiger partial charge on any atom is -0.358 e. The summed E-state index contributed by atoms with van der Waals surface area (Å²) in [6, 6.07) is 20.3. The van der Waals surface area contributed by atoms with E-state index in [1.807, 2.05) is 36.4 Å². The second kappa shape index (κ2) is 5.92. The minimum atomic E-state index is 1.10. The molecule has 2 heteroatoms. The Hall–Kier alpha value is -2.22. The normalized spacial score (nSPS) is 11.7. The van der Waals surface area contributed by atoms with Crippen molar-refractivity contribution in [3.05, 3.63) is 72.1 Å². The molecule has 0 amide bonds. The van der Waals surface area contributed by atoms with Crippen LogP contribution in [0.2, 0.25) is 0 Å². The van der Waals surface area contributed by atoms with Gasteiger partial charge in [0, 0.05) is 22.8 Å². The van der Waals surface area contributed by atoms with Crippen LogP contribution >= 0.6 is 0 Å². The van der Waals surface area contributed by atoms with Gasteiger partial charge in [-0.3, -0.25) is 0 Å². The maximum absolute atomic E-state index is 3.38. The van der Waals surface area contributed by atoms with Crippen LogP contribution in [0.15, 0.2) is 72.1 Å². The molecule has 0 bridgehead atoms. The fraction of sp³-hybridized carbons (Fsp3) is 0.125. The first-order chi connectivity index (χ1) is 8.75. The van der Waals surface area contributed by atoms with Gasteiger partial charge in [-0.2, -0.15) is 0 Å². The third-order valence-electron chi connectivity index (χ3n) is 2.77. The fourth-order valence-corrected chi connectivity index (χ4v) is 1.66. The number of benzene rings is 2. The number of hydrogen-bond acceptors (Lipinski definition) is 2. The maximum atomic E-state index is 3.38. The van der Waals surface area contributed by atoms with Gasteiger partial charge in [0.05, 0.1) is 0 Å². The molecule has 2 nitrogen and oxygen atoms in total. The summed E-state index contributed by atoms with van der Waals surface area (Å²) >= 11 is 0. The monoisotopic (exact) mass is 238 g/mol. The van der Waals surface area contributed by atoms with Crippen molar-refractivity contribution in [2.24, 2.45) is 0 Å². The molecule has 0 unspecified atom stereocenters. The van der Waals surface area contributed by atoms with Crippen LogP contribution in [0.3, 0.4) is 0 Å². The van der Waals surface area contributed by atoms with E-state index in [9.17, 15) is 0 Å². The van der Waals surface area contributed by atoms with Crippen molar-refractivity contribution in [2.45, 2.75) is 13.8 Å². The van der Waals surface area contributed by atoms with E-state index >= 15 is 0 Å². The molecule has 0 aliphatic heterocycles. The number of allylic oxidation sites excluding steroid dienone is 2. The third-order valence-corrected chi connectivity index (χ3v) is 2.77. The number of rotatable bonds is 4. The second-order valence-corrected chi connectivity index (χ2v) is 4.23. The summed E-state index contributed by atoms with van der Waals surface area (Å²) < 4.78 is 0. The summed E-state index contributed by atoms with van der Waals surface area (Å²) in [4.78, 5) is 0. The lowest BCUT2D eigenvalue weighted by molar-refractivity contribution is 1.23. The molecule has 0 saturated carbocycles. The summed E-state index contributed by atoms with van der Waals surface area (Å²) in [5, 5.41) is 6.76. The first-order valence-electron chi connectivity index (χ1n) is 6.07. The number of anilines is 2. The van der Waals surface area contributed by atoms with Gasteiger partial charge in [0.25, 0.3) is 0 Å². The van der Waals surface area contributed by atoms with Crippen molar-refractivity contribution < 1.29 is 0 Å². The topological polar surface area (TPSA) is 24.1 Å². The molecule has 0 atom stereocenters. The first kappa shape index (κ1) is 12.2. The molecule has 92 valence electrons. The molecule has 0 aliphatic rings. The molecule has 2 N–H and O–H groups in total. The highest BCUT2D eigenvalue weighted by Gasteiger charge is 1.98. The standard InChI is InChI=1S/C16H18N2/c1-13(17-15-9-5-3-6-10-15)14(2)18-16-11-7-4-8-12-16/h3-12,17-18H,1-2H3/b14-13+. The summed E-state index contributed by atoms with van der Waals surface area (Å²) in [7, 11) is 0. The molecule has 0 fully saturated rings. The Morgan fingerprint density at radius 2 is 0.944 bits per heavy atom. The van der Waals surface area contributed by atoms with Crippen molar-refractivity contribution in [1.29, 1.82) is 0 Å². The third kappa shape index (κ3) is 3.39. The van der Waals surface area contributed by atoms with E-state index in [0.29, 0.717) is 0 Å². The van der Waals surface area contributed by atoms with Crippen molar-refractivity contribution in [3.8, 4) is 0 Å². The largest absolute Gasteiger partial charge is 0.358 e. The highest BCUT2D eigenvalue weighted by molar-refractivity contribution is 5.52. The maximum Gasteiger partial charge on any atom is 0.0382 e. The summed E-state index contributed by atoms with van der Waals surface area (Å²) in [5.41, 5.74) is 4.43. The Bertz CT molecular complexity index is 466. The number of para-hydroxylation sites is 2. The zero-order chi connectivity index (χ0) is 12.8. The first-order valence-corrected chi connectivity index (χ1v) is 6.07. The van der Waals surface area contributed by atoms with Gasteiger partial charge in [-0.25, -0.2) is 0 Å². The Morgan fingerprint density at radius 3 is 1.28 bits per heavy atom. The lowest BCUT2D eigenvalue weighted by Crippen LogP contribution is -2.05. The van der Waals surface area contributed by atoms with E-state index in [2.05, 4.69) is 48.7 Å². The number of nitrogens with one attached hydrogen (secondary N) is 2. The van der Waals surface area contributed by atoms with E-state index in [4.69, 9.17) is 0 Å². The molecule has 2 aromatic rings. The zero-order valence-corrected chi connectivity index (χ0v) is 10.8. The molecule has 18 heavy (non-hydrogen) atoms. The molecule has 0 radical (unpaired) electrons. The molecule has 0 aliphatic carbocycles. The average molecular weight is 238 g/mol. The minimum absolute atomic E-state index is 1.10. The van der Waals surface area contributed by atoms with Gasteiger partial charge in [0.15, 0.2) is 0 Å². The average Bonchev–Trinajstić information content (AvgIpc) is 2.41. The predicted molar refractivity (Wildman–Crippen MR) is 78.5 cm³/mol. The Kier molecular flexibility index (Phi) is 4.02. The highest BCUT2D eigenvalue weighted by atomic mass is 15.0. The zero-order valence-electron chi connectivity index (χ0n) is 10.8. The quantitative estimate of drug-likeness (QED) is 0.821. The molecular weight excluding hydrogens is 220 g/mol. The molecule has 0 spiro atoms. The van der Waals surface area contributed by atoms with Crippen molar-refractivity contribution in [3.63, 3.8) is 0 Å². The molecule has 2 aromatic carbocycles. The van der Waals surface area contributed by atoms with E-state index in [0.717, 1.165) is 22.8 Å². The van der Waals surface area contributed by atoms with Crippen molar-refractivity contribution >= 4 is 11.4 Å². The molecule has 0 heterocycles. The van der Waals surface area contributed by atoms with Crippen LogP contribution in [0, 0.1) is 0 Å². The Labute approximate surface area is 108 Å². The van der Waals surface area contributed by atoms with Gasteiger partial charge in [0.1, 0.15) is 0 Å². The van der Waals surface area contributed by atoms with Crippen molar-refractivity contribution in [2.75, 3.05) is 10.6 Å². The van der Waals surface area contributed by atoms with Gasteiger partial charge < -0.3 is 10.6 Å². The van der Waals surface area contributed by atoms with E-state index in [-0.39, 0.29) is 0 Å². The molecular formula is C16H18N2. The fourth-order valence-electron chi connectivity index (χ4n) is 1.66. The van der Waals surface area contributed by atoms with Crippen LogP contribution < -0.4 is 10.6 Å². The van der Waals surface area contributed by atoms with Crippen LogP contribution in [-0.2, 0) is 0 Å². The highest BCUT2D eigenvalue weighted by Crippen LogP contribution is 2.14. The van der Waals surface area contributed by atoms with Crippen molar-refractivity contribution in [1.82, 2.24) is 0 Å². The molecule has 0 aromatic heterocycles. The van der Waals surface area contributed by atoms with Gasteiger partial charge >= 0.3 is 0 Å². The predicted octanol–water partition coefficient (Wildman–Crippen LogP) is 4.46. The van der Waals surface area contributed by atoms with Crippen LogP contribution in [0.5, 0.6) is 0 Å². The number of hydrogen-bond donors (Lipinski definition) is 2.